The summed E-state index contributed by atoms with van der Waals surface area (Å²) in [6.07, 6.45) is 8.95. The van der Waals surface area contributed by atoms with Crippen LogP contribution >= 0.6 is 0 Å². The van der Waals surface area contributed by atoms with Crippen LogP contribution in [0.5, 0.6) is 0 Å². The fourth-order valence-electron chi connectivity index (χ4n) is 2.02. The fraction of sp³-hybridized carbons (Fsp3) is 0.846. The zero-order valence-electron chi connectivity index (χ0n) is 10.3. The van der Waals surface area contributed by atoms with E-state index >= 15 is 0 Å². The molecule has 0 heterocycles. The highest BCUT2D eigenvalue weighted by atomic mass is 16.5. The number of ether oxygens (including phenoxy) is 1. The lowest BCUT2D eigenvalue weighted by Gasteiger charge is -2.31. The van der Waals surface area contributed by atoms with Crippen LogP contribution in [-0.2, 0) is 4.74 Å². The number of methoxy groups -OCH3 is 1. The third kappa shape index (κ3) is 3.62. The smallest absolute Gasteiger partial charge is 0.103 e. The number of allylic oxidation sites excluding steroid dienone is 1. The normalized spacial score (nSPS) is 21.5. The molecule has 1 N–H and O–H groups in total. The zero-order chi connectivity index (χ0) is 11.3. The van der Waals surface area contributed by atoms with Crippen molar-refractivity contribution in [3.05, 3.63) is 11.6 Å². The third-order valence-electron chi connectivity index (χ3n) is 3.36. The van der Waals surface area contributed by atoms with Crippen molar-refractivity contribution in [1.82, 2.24) is 0 Å². The van der Waals surface area contributed by atoms with Crippen molar-refractivity contribution < 1.29 is 9.84 Å². The van der Waals surface area contributed by atoms with Gasteiger partial charge >= 0.3 is 0 Å². The van der Waals surface area contributed by atoms with E-state index in [0.29, 0.717) is 0 Å². The van der Waals surface area contributed by atoms with Crippen molar-refractivity contribution in [2.45, 2.75) is 64.1 Å². The van der Waals surface area contributed by atoms with Gasteiger partial charge in [-0.1, -0.05) is 18.9 Å². The van der Waals surface area contributed by atoms with Crippen molar-refractivity contribution in [2.24, 2.45) is 0 Å². The molecule has 0 aliphatic heterocycles. The molecule has 2 nitrogen and oxygen atoms in total. The van der Waals surface area contributed by atoms with Crippen LogP contribution in [0.25, 0.3) is 0 Å². The Bertz CT molecular complexity index is 219. The molecule has 1 aliphatic rings. The van der Waals surface area contributed by atoms with E-state index in [2.05, 4.69) is 6.08 Å². The summed E-state index contributed by atoms with van der Waals surface area (Å²) in [6.45, 7) is 3.88. The van der Waals surface area contributed by atoms with Crippen LogP contribution < -0.4 is 0 Å². The summed E-state index contributed by atoms with van der Waals surface area (Å²) in [4.78, 5) is 0. The average Bonchev–Trinajstić information content (AvgIpc) is 2.16. The van der Waals surface area contributed by atoms with Crippen molar-refractivity contribution in [3.8, 4) is 0 Å². The predicted molar refractivity (Wildman–Crippen MR) is 62.9 cm³/mol. The molecule has 1 aliphatic carbocycles. The molecule has 0 saturated carbocycles. The van der Waals surface area contributed by atoms with E-state index in [-0.39, 0.29) is 0 Å². The third-order valence-corrected chi connectivity index (χ3v) is 3.36. The minimum Gasteiger partial charge on any atom is -0.386 e. The number of hydrogen-bond acceptors (Lipinski definition) is 2. The molecule has 2 heteroatoms. The van der Waals surface area contributed by atoms with E-state index in [1.165, 1.54) is 31.3 Å². The SMILES string of the molecule is COC(C)(C)C(O)C1=CCCCCCC1. The summed E-state index contributed by atoms with van der Waals surface area (Å²) in [5, 5.41) is 10.2. The first-order valence-electron chi connectivity index (χ1n) is 6.00. The monoisotopic (exact) mass is 212 g/mol. The Balaban J connectivity index is 2.67. The summed E-state index contributed by atoms with van der Waals surface area (Å²) in [6, 6.07) is 0. The Labute approximate surface area is 93.3 Å². The first-order chi connectivity index (χ1) is 7.08. The quantitative estimate of drug-likeness (QED) is 0.729. The lowest BCUT2D eigenvalue weighted by atomic mass is 9.88. The lowest BCUT2D eigenvalue weighted by Crippen LogP contribution is -2.39. The molecule has 0 amide bonds. The largest absolute Gasteiger partial charge is 0.386 e. The van der Waals surface area contributed by atoms with Crippen LogP contribution in [0.3, 0.4) is 0 Å². The Morgan fingerprint density at radius 3 is 2.60 bits per heavy atom. The summed E-state index contributed by atoms with van der Waals surface area (Å²) < 4.78 is 5.33. The number of rotatable bonds is 3. The van der Waals surface area contributed by atoms with Gasteiger partial charge in [0.05, 0.1) is 5.60 Å². The van der Waals surface area contributed by atoms with E-state index in [1.54, 1.807) is 7.11 Å². The maximum atomic E-state index is 10.2. The van der Waals surface area contributed by atoms with E-state index in [9.17, 15) is 5.11 Å². The van der Waals surface area contributed by atoms with Crippen molar-refractivity contribution in [3.63, 3.8) is 0 Å². The van der Waals surface area contributed by atoms with Gasteiger partial charge in [0.1, 0.15) is 6.10 Å². The summed E-state index contributed by atoms with van der Waals surface area (Å²) in [7, 11) is 1.66. The van der Waals surface area contributed by atoms with Gasteiger partial charge in [-0.2, -0.15) is 0 Å². The lowest BCUT2D eigenvalue weighted by molar-refractivity contribution is -0.0624. The van der Waals surface area contributed by atoms with E-state index < -0.39 is 11.7 Å². The molecule has 1 atom stereocenters. The molecule has 0 aromatic heterocycles. The molecule has 0 fully saturated rings. The van der Waals surface area contributed by atoms with Gasteiger partial charge in [-0.25, -0.2) is 0 Å². The first-order valence-corrected chi connectivity index (χ1v) is 6.00. The van der Waals surface area contributed by atoms with Crippen LogP contribution in [0.15, 0.2) is 11.6 Å². The minimum atomic E-state index is -0.467. The topological polar surface area (TPSA) is 29.5 Å². The van der Waals surface area contributed by atoms with Gasteiger partial charge in [0.25, 0.3) is 0 Å². The molecular formula is C13H24O2. The van der Waals surface area contributed by atoms with Gasteiger partial charge in [-0.3, -0.25) is 0 Å². The zero-order valence-corrected chi connectivity index (χ0v) is 10.3. The Morgan fingerprint density at radius 1 is 1.27 bits per heavy atom. The number of aliphatic hydroxyl groups is 1. The maximum Gasteiger partial charge on any atom is 0.103 e. The van der Waals surface area contributed by atoms with Gasteiger partial charge in [0.15, 0.2) is 0 Å². The number of hydrogen-bond donors (Lipinski definition) is 1. The molecule has 1 rings (SSSR count). The minimum absolute atomic E-state index is 0.458. The van der Waals surface area contributed by atoms with Crippen LogP contribution in [0, 0.1) is 0 Å². The first kappa shape index (κ1) is 12.7. The second-order valence-electron chi connectivity index (χ2n) is 4.94. The summed E-state index contributed by atoms with van der Waals surface area (Å²) in [5.74, 6) is 0. The molecule has 0 bridgehead atoms. The average molecular weight is 212 g/mol. The molecule has 0 aromatic rings. The van der Waals surface area contributed by atoms with E-state index in [4.69, 9.17) is 4.74 Å². The summed E-state index contributed by atoms with van der Waals surface area (Å²) in [5.41, 5.74) is 0.701. The molecule has 1 unspecified atom stereocenters. The van der Waals surface area contributed by atoms with Gasteiger partial charge < -0.3 is 9.84 Å². The van der Waals surface area contributed by atoms with Crippen LogP contribution in [0.1, 0.15) is 52.4 Å². The van der Waals surface area contributed by atoms with Crippen molar-refractivity contribution in [1.29, 1.82) is 0 Å². The Morgan fingerprint density at radius 2 is 1.93 bits per heavy atom. The van der Waals surface area contributed by atoms with Crippen molar-refractivity contribution >= 4 is 0 Å². The highest BCUT2D eigenvalue weighted by Crippen LogP contribution is 2.26. The maximum absolute atomic E-state index is 10.2. The second-order valence-corrected chi connectivity index (χ2v) is 4.94. The highest BCUT2D eigenvalue weighted by Gasteiger charge is 2.30. The van der Waals surface area contributed by atoms with Crippen LogP contribution in [0.4, 0.5) is 0 Å². The van der Waals surface area contributed by atoms with Gasteiger partial charge in [-0.15, -0.1) is 0 Å². The fourth-order valence-corrected chi connectivity index (χ4v) is 2.02. The molecule has 0 radical (unpaired) electrons. The molecular weight excluding hydrogens is 188 g/mol. The molecule has 0 spiro atoms. The molecule has 0 aromatic carbocycles. The predicted octanol–water partition coefficient (Wildman–Crippen LogP) is 3.05. The van der Waals surface area contributed by atoms with Crippen LogP contribution in [0.2, 0.25) is 0 Å². The molecule has 88 valence electrons. The van der Waals surface area contributed by atoms with E-state index in [1.807, 2.05) is 13.8 Å². The van der Waals surface area contributed by atoms with Crippen molar-refractivity contribution in [2.75, 3.05) is 7.11 Å². The highest BCUT2D eigenvalue weighted by molar-refractivity contribution is 5.13. The van der Waals surface area contributed by atoms with Crippen LogP contribution in [-0.4, -0.2) is 23.9 Å². The number of aliphatic hydroxyl groups excluding tert-OH is 1. The molecule has 0 saturated heterocycles. The standard InChI is InChI=1S/C13H24O2/c1-13(2,15-3)12(14)11-9-7-5-4-6-8-10-11/h9,12,14H,4-8,10H2,1-3H3. The molecule has 15 heavy (non-hydrogen) atoms. The Hall–Kier alpha value is -0.340. The van der Waals surface area contributed by atoms with E-state index in [0.717, 1.165) is 12.8 Å². The van der Waals surface area contributed by atoms with Gasteiger partial charge in [-0.05, 0) is 45.1 Å². The summed E-state index contributed by atoms with van der Waals surface area (Å²) >= 11 is 0. The van der Waals surface area contributed by atoms with Gasteiger partial charge in [0, 0.05) is 7.11 Å². The second kappa shape index (κ2) is 5.66. The Kier molecular flexibility index (Phi) is 4.81. The van der Waals surface area contributed by atoms with Gasteiger partial charge in [0.2, 0.25) is 0 Å².